The summed E-state index contributed by atoms with van der Waals surface area (Å²) in [5.74, 6) is -0.426. The molecular weight excluding hydrogens is 321 g/mol. The van der Waals surface area contributed by atoms with Gasteiger partial charge in [-0.25, -0.2) is 0 Å². The molecule has 2 N–H and O–H groups in total. The number of nitrogens with one attached hydrogen (secondary N) is 1. The van der Waals surface area contributed by atoms with Crippen LogP contribution >= 0.6 is 12.4 Å². The van der Waals surface area contributed by atoms with E-state index in [-0.39, 0.29) is 29.9 Å². The molecule has 1 aliphatic heterocycles. The molecule has 1 atom stereocenters. The molecule has 1 aromatic carbocycles. The summed E-state index contributed by atoms with van der Waals surface area (Å²) in [4.78, 5) is 2.04. The number of alkyl halides is 3. The lowest BCUT2D eigenvalue weighted by molar-refractivity contribution is -0.274. The van der Waals surface area contributed by atoms with Gasteiger partial charge in [0.05, 0.1) is 6.04 Å². The van der Waals surface area contributed by atoms with Crippen LogP contribution in [0, 0.1) is 0 Å². The van der Waals surface area contributed by atoms with Gasteiger partial charge in [-0.2, -0.15) is 0 Å². The van der Waals surface area contributed by atoms with Crippen molar-refractivity contribution in [3.63, 3.8) is 0 Å². The summed E-state index contributed by atoms with van der Waals surface area (Å²) in [6, 6.07) is 3.14. The number of hydrogen-bond acceptors (Lipinski definition) is 4. The molecule has 0 spiro atoms. The lowest BCUT2D eigenvalue weighted by Gasteiger charge is -2.33. The van der Waals surface area contributed by atoms with Crippen LogP contribution in [-0.2, 0) is 0 Å². The summed E-state index contributed by atoms with van der Waals surface area (Å²) in [5.41, 5.74) is 0.355. The van der Waals surface area contributed by atoms with Crippen LogP contribution in [0.1, 0.15) is 11.6 Å². The highest BCUT2D eigenvalue weighted by atomic mass is 35.5. The molecule has 0 bridgehead atoms. The number of phenols is 1. The van der Waals surface area contributed by atoms with Crippen molar-refractivity contribution in [2.75, 3.05) is 26.2 Å². The topological polar surface area (TPSA) is 44.7 Å². The van der Waals surface area contributed by atoms with Crippen LogP contribution in [0.2, 0.25) is 0 Å². The molecule has 0 unspecified atom stereocenters. The summed E-state index contributed by atoms with van der Waals surface area (Å²) in [7, 11) is 0. The minimum Gasteiger partial charge on any atom is -0.508 e. The SMILES string of the molecule is C=C[C@H](c1cc(OC(F)(F)F)ccc1O)N1CCNCC1.Cl. The Bertz CT molecular complexity index is 505. The first-order valence-corrected chi connectivity index (χ1v) is 6.56. The van der Waals surface area contributed by atoms with Gasteiger partial charge in [0.1, 0.15) is 11.5 Å². The van der Waals surface area contributed by atoms with E-state index in [0.717, 1.165) is 32.2 Å². The van der Waals surface area contributed by atoms with Crippen molar-refractivity contribution < 1.29 is 23.0 Å². The van der Waals surface area contributed by atoms with Crippen LogP contribution < -0.4 is 10.1 Å². The van der Waals surface area contributed by atoms with Gasteiger partial charge in [0.25, 0.3) is 0 Å². The molecule has 1 aliphatic rings. The molecule has 22 heavy (non-hydrogen) atoms. The standard InChI is InChI=1S/C14H17F3N2O2.ClH/c1-2-12(19-7-5-18-6-8-19)11-9-10(3-4-13(11)20)21-14(15,16)17;/h2-4,9,12,18,20H,1,5-8H2;1H/t12-;/m1./s1. The maximum Gasteiger partial charge on any atom is 0.573 e. The molecule has 4 nitrogen and oxygen atoms in total. The normalized spacial score (nSPS) is 17.4. The Kier molecular flexibility index (Phi) is 6.52. The van der Waals surface area contributed by atoms with Crippen molar-refractivity contribution in [2.24, 2.45) is 0 Å². The third-order valence-electron chi connectivity index (χ3n) is 3.32. The number of aromatic hydroxyl groups is 1. The van der Waals surface area contributed by atoms with Crippen molar-refractivity contribution in [1.82, 2.24) is 10.2 Å². The summed E-state index contributed by atoms with van der Waals surface area (Å²) < 4.78 is 40.8. The maximum absolute atomic E-state index is 12.3. The fourth-order valence-electron chi connectivity index (χ4n) is 2.40. The number of rotatable bonds is 4. The second-order valence-corrected chi connectivity index (χ2v) is 4.73. The highest BCUT2D eigenvalue weighted by molar-refractivity contribution is 5.85. The van der Waals surface area contributed by atoms with Gasteiger partial charge in [0, 0.05) is 31.7 Å². The average Bonchev–Trinajstić information content (AvgIpc) is 2.43. The third kappa shape index (κ3) is 4.79. The number of hydrogen-bond donors (Lipinski definition) is 2. The number of ether oxygens (including phenoxy) is 1. The average molecular weight is 339 g/mol. The van der Waals surface area contributed by atoms with Gasteiger partial charge in [0.15, 0.2) is 0 Å². The van der Waals surface area contributed by atoms with Crippen LogP contribution in [0.4, 0.5) is 13.2 Å². The molecule has 0 aliphatic carbocycles. The van der Waals surface area contributed by atoms with Gasteiger partial charge < -0.3 is 15.2 Å². The van der Waals surface area contributed by atoms with E-state index in [0.29, 0.717) is 5.56 Å². The van der Waals surface area contributed by atoms with E-state index in [4.69, 9.17) is 0 Å². The van der Waals surface area contributed by atoms with Crippen LogP contribution in [0.5, 0.6) is 11.5 Å². The van der Waals surface area contributed by atoms with Crippen molar-refractivity contribution in [3.05, 3.63) is 36.4 Å². The molecule has 1 saturated heterocycles. The van der Waals surface area contributed by atoms with Crippen LogP contribution in [0.3, 0.4) is 0 Å². The van der Waals surface area contributed by atoms with Crippen molar-refractivity contribution in [3.8, 4) is 11.5 Å². The zero-order valence-electron chi connectivity index (χ0n) is 11.8. The Hall–Kier alpha value is -1.44. The summed E-state index contributed by atoms with van der Waals surface area (Å²) >= 11 is 0. The summed E-state index contributed by atoms with van der Waals surface area (Å²) in [6.07, 6.45) is -3.15. The van der Waals surface area contributed by atoms with Gasteiger partial charge in [-0.05, 0) is 18.2 Å². The van der Waals surface area contributed by atoms with Crippen LogP contribution in [-0.4, -0.2) is 42.5 Å². The predicted molar refractivity (Wildman–Crippen MR) is 79.4 cm³/mol. The minimum absolute atomic E-state index is 0. The highest BCUT2D eigenvalue weighted by Gasteiger charge is 2.32. The monoisotopic (exact) mass is 338 g/mol. The van der Waals surface area contributed by atoms with Gasteiger partial charge in [-0.15, -0.1) is 32.2 Å². The second-order valence-electron chi connectivity index (χ2n) is 4.73. The second kappa shape index (κ2) is 7.71. The lowest BCUT2D eigenvalue weighted by Crippen LogP contribution is -2.44. The summed E-state index contributed by atoms with van der Waals surface area (Å²) in [6.45, 7) is 6.73. The van der Waals surface area contributed by atoms with Gasteiger partial charge in [-0.1, -0.05) is 6.08 Å². The first kappa shape index (κ1) is 18.6. The van der Waals surface area contributed by atoms with E-state index >= 15 is 0 Å². The molecule has 1 fully saturated rings. The van der Waals surface area contributed by atoms with E-state index < -0.39 is 6.36 Å². The Labute approximate surface area is 133 Å². The molecule has 1 heterocycles. The smallest absolute Gasteiger partial charge is 0.508 e. The van der Waals surface area contributed by atoms with Gasteiger partial charge in [-0.3, -0.25) is 4.90 Å². The fraction of sp³-hybridized carbons (Fsp3) is 0.429. The van der Waals surface area contributed by atoms with Gasteiger partial charge in [0.2, 0.25) is 0 Å². The molecule has 1 aromatic rings. The largest absolute Gasteiger partial charge is 0.573 e. The van der Waals surface area contributed by atoms with E-state index in [2.05, 4.69) is 16.6 Å². The minimum atomic E-state index is -4.76. The molecule has 0 saturated carbocycles. The zero-order chi connectivity index (χ0) is 15.5. The van der Waals surface area contributed by atoms with E-state index in [9.17, 15) is 18.3 Å². The Morgan fingerprint density at radius 1 is 1.32 bits per heavy atom. The first-order valence-electron chi connectivity index (χ1n) is 6.56. The van der Waals surface area contributed by atoms with E-state index in [1.165, 1.54) is 12.1 Å². The molecule has 0 aromatic heterocycles. The highest BCUT2D eigenvalue weighted by Crippen LogP contribution is 2.34. The molecule has 0 radical (unpaired) electrons. The number of phenolic OH excluding ortho intramolecular Hbond substituents is 1. The first-order chi connectivity index (χ1) is 9.90. The Morgan fingerprint density at radius 2 is 1.95 bits per heavy atom. The Balaban J connectivity index is 0.00000242. The summed E-state index contributed by atoms with van der Waals surface area (Å²) in [5, 5.41) is 13.1. The molecule has 124 valence electrons. The number of benzene rings is 1. The van der Waals surface area contributed by atoms with Crippen LogP contribution in [0.15, 0.2) is 30.9 Å². The van der Waals surface area contributed by atoms with E-state index in [1.54, 1.807) is 6.08 Å². The maximum atomic E-state index is 12.3. The van der Waals surface area contributed by atoms with Crippen LogP contribution in [0.25, 0.3) is 0 Å². The van der Waals surface area contributed by atoms with Crippen molar-refractivity contribution >= 4 is 12.4 Å². The van der Waals surface area contributed by atoms with Gasteiger partial charge >= 0.3 is 6.36 Å². The third-order valence-corrected chi connectivity index (χ3v) is 3.32. The van der Waals surface area contributed by atoms with E-state index in [1.807, 2.05) is 4.90 Å². The quantitative estimate of drug-likeness (QED) is 0.829. The molecule has 2 rings (SSSR count). The number of halogens is 4. The Morgan fingerprint density at radius 3 is 2.50 bits per heavy atom. The molecular formula is C14H18ClF3N2O2. The van der Waals surface area contributed by atoms with Crippen molar-refractivity contribution in [1.29, 1.82) is 0 Å². The van der Waals surface area contributed by atoms with Crippen molar-refractivity contribution in [2.45, 2.75) is 12.4 Å². The predicted octanol–water partition coefficient (Wildman–Crippen LogP) is 2.84. The molecule has 8 heteroatoms. The fourth-order valence-corrected chi connectivity index (χ4v) is 2.40. The number of piperazine rings is 1. The number of nitrogens with zero attached hydrogens (tertiary/aromatic N) is 1. The molecule has 0 amide bonds. The zero-order valence-corrected chi connectivity index (χ0v) is 12.6. The lowest BCUT2D eigenvalue weighted by atomic mass is 10.0.